The Morgan fingerprint density at radius 3 is 2.69 bits per heavy atom. The summed E-state index contributed by atoms with van der Waals surface area (Å²) in [7, 11) is 0. The highest BCUT2D eigenvalue weighted by atomic mass is 32.1. The molecule has 3 aromatic rings. The van der Waals surface area contributed by atoms with Gasteiger partial charge in [-0.1, -0.05) is 24.3 Å². The Labute approximate surface area is 155 Å². The molecule has 1 amide bonds. The number of thiophene rings is 1. The molecule has 4 rings (SSSR count). The number of para-hydroxylation sites is 1. The van der Waals surface area contributed by atoms with Crippen molar-refractivity contribution in [1.82, 2.24) is 14.8 Å². The molecule has 1 saturated heterocycles. The van der Waals surface area contributed by atoms with E-state index in [2.05, 4.69) is 9.88 Å². The number of aromatic amines is 1. The van der Waals surface area contributed by atoms with E-state index in [9.17, 15) is 9.59 Å². The van der Waals surface area contributed by atoms with E-state index < -0.39 is 0 Å². The molecule has 134 valence electrons. The number of nitrogens with one attached hydrogen (secondary N) is 1. The van der Waals surface area contributed by atoms with E-state index >= 15 is 0 Å². The molecule has 1 fully saturated rings. The highest BCUT2D eigenvalue weighted by Crippen LogP contribution is 2.17. The molecule has 1 aliphatic rings. The minimum atomic E-state index is -0.0242. The van der Waals surface area contributed by atoms with Gasteiger partial charge in [0.15, 0.2) is 0 Å². The fourth-order valence-electron chi connectivity index (χ4n) is 3.45. The fourth-order valence-corrected chi connectivity index (χ4v) is 4.14. The Bertz CT molecular complexity index is 986. The van der Waals surface area contributed by atoms with Crippen LogP contribution in [0.15, 0.2) is 46.6 Å². The summed E-state index contributed by atoms with van der Waals surface area (Å²) < 4.78 is 0. The smallest absolute Gasteiger partial charge is 0.264 e. The number of H-pyrrole nitrogens is 1. The summed E-state index contributed by atoms with van der Waals surface area (Å²) in [6.07, 6.45) is 0. The third-order valence-corrected chi connectivity index (χ3v) is 5.81. The van der Waals surface area contributed by atoms with Crippen LogP contribution in [0.25, 0.3) is 10.9 Å². The molecule has 1 aromatic carbocycles. The highest BCUT2D eigenvalue weighted by Gasteiger charge is 2.23. The average molecular weight is 367 g/mol. The van der Waals surface area contributed by atoms with Crippen LogP contribution in [0.3, 0.4) is 0 Å². The summed E-state index contributed by atoms with van der Waals surface area (Å²) in [6, 6.07) is 11.8. The molecule has 3 heterocycles. The Morgan fingerprint density at radius 1 is 1.15 bits per heavy atom. The molecule has 0 radical (unpaired) electrons. The van der Waals surface area contributed by atoms with E-state index in [4.69, 9.17) is 0 Å². The molecule has 5 nitrogen and oxygen atoms in total. The van der Waals surface area contributed by atoms with E-state index in [1.807, 2.05) is 53.6 Å². The van der Waals surface area contributed by atoms with Gasteiger partial charge < -0.3 is 9.88 Å². The second-order valence-electron chi connectivity index (χ2n) is 6.71. The van der Waals surface area contributed by atoms with Crippen molar-refractivity contribution in [3.8, 4) is 0 Å². The topological polar surface area (TPSA) is 56.4 Å². The van der Waals surface area contributed by atoms with Gasteiger partial charge in [0, 0.05) is 38.3 Å². The number of carbonyl (C=O) groups excluding carboxylic acids is 1. The monoisotopic (exact) mass is 367 g/mol. The number of amides is 1. The lowest BCUT2D eigenvalue weighted by molar-refractivity contribution is 0.0633. The lowest BCUT2D eigenvalue weighted by Crippen LogP contribution is -2.48. The first-order valence-corrected chi connectivity index (χ1v) is 9.66. The van der Waals surface area contributed by atoms with Crippen molar-refractivity contribution in [3.63, 3.8) is 0 Å². The molecular weight excluding hydrogens is 346 g/mol. The molecule has 6 heteroatoms. The lowest BCUT2D eigenvalue weighted by Gasteiger charge is -2.34. The van der Waals surface area contributed by atoms with Crippen molar-refractivity contribution in [3.05, 3.63) is 68.1 Å². The third kappa shape index (κ3) is 3.30. The van der Waals surface area contributed by atoms with Crippen molar-refractivity contribution >= 4 is 28.1 Å². The normalized spacial score (nSPS) is 15.5. The molecule has 0 spiro atoms. The van der Waals surface area contributed by atoms with Gasteiger partial charge in [0.25, 0.3) is 11.5 Å². The van der Waals surface area contributed by atoms with Gasteiger partial charge in [-0.05, 0) is 35.4 Å². The summed E-state index contributed by atoms with van der Waals surface area (Å²) >= 11 is 1.48. The molecule has 0 bridgehead atoms. The predicted octanol–water partition coefficient (Wildman–Crippen LogP) is 2.86. The van der Waals surface area contributed by atoms with Gasteiger partial charge in [0.05, 0.1) is 10.4 Å². The van der Waals surface area contributed by atoms with Crippen LogP contribution < -0.4 is 5.56 Å². The standard InChI is InChI=1S/C20H21N3O2S/c1-14-4-2-5-15-12-16(19(24)21-18(14)15)13-22-7-9-23(10-8-22)20(25)17-6-3-11-26-17/h2-6,11-12H,7-10,13H2,1H3,(H,21,24). The van der Waals surface area contributed by atoms with Crippen molar-refractivity contribution < 1.29 is 4.79 Å². The zero-order chi connectivity index (χ0) is 18.1. The SMILES string of the molecule is Cc1cccc2cc(CN3CCN(C(=O)c4cccs4)CC3)c(=O)[nH]c12. The molecule has 2 aromatic heterocycles. The van der Waals surface area contributed by atoms with E-state index in [0.717, 1.165) is 40.0 Å². The molecular formula is C20H21N3O2S. The average Bonchev–Trinajstić information content (AvgIpc) is 3.18. The van der Waals surface area contributed by atoms with Gasteiger partial charge in [-0.3, -0.25) is 14.5 Å². The summed E-state index contributed by atoms with van der Waals surface area (Å²) in [5.41, 5.74) is 2.74. The number of rotatable bonds is 3. The second kappa shape index (κ2) is 7.05. The number of aryl methyl sites for hydroxylation is 1. The van der Waals surface area contributed by atoms with Gasteiger partial charge in [0.1, 0.15) is 0 Å². The molecule has 1 N–H and O–H groups in total. The largest absolute Gasteiger partial charge is 0.335 e. The number of pyridine rings is 1. The summed E-state index contributed by atoms with van der Waals surface area (Å²) in [5.74, 6) is 0.110. The van der Waals surface area contributed by atoms with Crippen molar-refractivity contribution in [2.75, 3.05) is 26.2 Å². The first kappa shape index (κ1) is 17.0. The first-order valence-electron chi connectivity index (χ1n) is 8.78. The molecule has 0 saturated carbocycles. The van der Waals surface area contributed by atoms with E-state index in [1.165, 1.54) is 11.3 Å². The van der Waals surface area contributed by atoms with E-state index in [1.54, 1.807) is 0 Å². The maximum absolute atomic E-state index is 12.4. The summed E-state index contributed by atoms with van der Waals surface area (Å²) in [6.45, 7) is 5.56. The highest BCUT2D eigenvalue weighted by molar-refractivity contribution is 7.12. The van der Waals surface area contributed by atoms with Crippen LogP contribution in [0.4, 0.5) is 0 Å². The predicted molar refractivity (Wildman–Crippen MR) is 105 cm³/mol. The third-order valence-electron chi connectivity index (χ3n) is 4.95. The van der Waals surface area contributed by atoms with Gasteiger partial charge in [-0.15, -0.1) is 11.3 Å². The molecule has 26 heavy (non-hydrogen) atoms. The van der Waals surface area contributed by atoms with Crippen molar-refractivity contribution in [1.29, 1.82) is 0 Å². The number of benzene rings is 1. The van der Waals surface area contributed by atoms with Crippen LogP contribution >= 0.6 is 11.3 Å². The molecule has 0 unspecified atom stereocenters. The van der Waals surface area contributed by atoms with E-state index in [0.29, 0.717) is 19.6 Å². The van der Waals surface area contributed by atoms with Gasteiger partial charge in [-0.25, -0.2) is 0 Å². The fraction of sp³-hybridized carbons (Fsp3) is 0.300. The summed E-state index contributed by atoms with van der Waals surface area (Å²) in [4.78, 5) is 32.8. The minimum Gasteiger partial charge on any atom is -0.335 e. The van der Waals surface area contributed by atoms with Crippen LogP contribution in [0.2, 0.25) is 0 Å². The van der Waals surface area contributed by atoms with Crippen molar-refractivity contribution in [2.24, 2.45) is 0 Å². The Balaban J connectivity index is 1.45. The van der Waals surface area contributed by atoms with Crippen LogP contribution in [-0.4, -0.2) is 46.9 Å². The number of aromatic nitrogens is 1. The van der Waals surface area contributed by atoms with Gasteiger partial charge in [0.2, 0.25) is 0 Å². The Morgan fingerprint density at radius 2 is 1.96 bits per heavy atom. The minimum absolute atomic E-state index is 0.0242. The number of nitrogens with zero attached hydrogens (tertiary/aromatic N) is 2. The van der Waals surface area contributed by atoms with Gasteiger partial charge in [-0.2, -0.15) is 0 Å². The lowest BCUT2D eigenvalue weighted by atomic mass is 10.1. The zero-order valence-electron chi connectivity index (χ0n) is 14.7. The van der Waals surface area contributed by atoms with Gasteiger partial charge >= 0.3 is 0 Å². The quantitative estimate of drug-likeness (QED) is 0.774. The first-order chi connectivity index (χ1) is 12.6. The number of fused-ring (bicyclic) bond motifs is 1. The number of hydrogen-bond donors (Lipinski definition) is 1. The maximum Gasteiger partial charge on any atom is 0.264 e. The van der Waals surface area contributed by atoms with Crippen LogP contribution in [-0.2, 0) is 6.54 Å². The van der Waals surface area contributed by atoms with Crippen molar-refractivity contribution in [2.45, 2.75) is 13.5 Å². The van der Waals surface area contributed by atoms with Crippen LogP contribution in [0.1, 0.15) is 20.8 Å². The number of hydrogen-bond acceptors (Lipinski definition) is 4. The zero-order valence-corrected chi connectivity index (χ0v) is 15.5. The number of piperazine rings is 1. The Hall–Kier alpha value is -2.44. The summed E-state index contributed by atoms with van der Waals surface area (Å²) in [5, 5.41) is 2.99. The Kier molecular flexibility index (Phi) is 4.61. The maximum atomic E-state index is 12.4. The number of carbonyl (C=O) groups is 1. The van der Waals surface area contributed by atoms with E-state index in [-0.39, 0.29) is 11.5 Å². The molecule has 0 atom stereocenters. The van der Waals surface area contributed by atoms with Crippen LogP contribution in [0.5, 0.6) is 0 Å². The van der Waals surface area contributed by atoms with Crippen LogP contribution in [0, 0.1) is 6.92 Å². The molecule has 1 aliphatic heterocycles. The second-order valence-corrected chi connectivity index (χ2v) is 7.66. The molecule has 0 aliphatic carbocycles.